The van der Waals surface area contributed by atoms with Crippen molar-refractivity contribution >= 4 is 49.6 Å². The van der Waals surface area contributed by atoms with Gasteiger partial charge in [0.1, 0.15) is 0 Å². The first-order valence-electron chi connectivity index (χ1n) is 18.5. The number of hydrogen-bond acceptors (Lipinski definition) is 1. The number of fused-ring (bicyclic) bond motifs is 4. The fourth-order valence-corrected chi connectivity index (χ4v) is 7.93. The third-order valence-electron chi connectivity index (χ3n) is 10.5. The lowest BCUT2D eigenvalue weighted by Crippen LogP contribution is -2.09. The van der Waals surface area contributed by atoms with E-state index in [0.29, 0.717) is 0 Å². The van der Waals surface area contributed by atoms with Crippen LogP contribution in [-0.2, 0) is 0 Å². The maximum Gasteiger partial charge on any atom is 0.0541 e. The van der Waals surface area contributed by atoms with Gasteiger partial charge in [-0.1, -0.05) is 146 Å². The quantitative estimate of drug-likeness (QED) is 0.162. The highest BCUT2D eigenvalue weighted by Crippen LogP contribution is 2.40. The summed E-state index contributed by atoms with van der Waals surface area (Å²) in [5.41, 5.74) is 14.0. The van der Waals surface area contributed by atoms with Crippen LogP contribution in [0.25, 0.3) is 71.6 Å². The number of anilines is 3. The summed E-state index contributed by atoms with van der Waals surface area (Å²) >= 11 is 0. The summed E-state index contributed by atoms with van der Waals surface area (Å²) in [7, 11) is 0. The second kappa shape index (κ2) is 13.4. The summed E-state index contributed by atoms with van der Waals surface area (Å²) < 4.78 is 2.43. The highest BCUT2D eigenvalue weighted by molar-refractivity contribution is 6.10. The van der Waals surface area contributed by atoms with Gasteiger partial charge >= 0.3 is 0 Å². The molecule has 254 valence electrons. The molecule has 0 radical (unpaired) electrons. The normalized spacial score (nSPS) is 11.3. The van der Waals surface area contributed by atoms with Gasteiger partial charge in [0.2, 0.25) is 0 Å². The summed E-state index contributed by atoms with van der Waals surface area (Å²) in [6, 6.07) is 78.9. The summed E-state index contributed by atoms with van der Waals surface area (Å²) in [6.45, 7) is 0. The summed E-state index contributed by atoms with van der Waals surface area (Å²) in [5.74, 6) is 0. The number of benzene rings is 9. The highest BCUT2D eigenvalue weighted by Gasteiger charge is 2.17. The average molecular weight is 689 g/mol. The van der Waals surface area contributed by atoms with Crippen LogP contribution < -0.4 is 4.90 Å². The zero-order valence-electron chi connectivity index (χ0n) is 29.7. The standard InChI is InChI=1S/C52H36N2/c1-4-15-37(16-5-1)43-31-44(38-17-6-2-7-18-38)35-48(34-43)54-51-26-13-12-25-49(51)50-36-42(28-30-52(50)54)41-21-14-24-46(33-41)53(45-22-8-3-9-23-45)47-29-27-39-19-10-11-20-40(39)32-47/h1-36H. The predicted octanol–water partition coefficient (Wildman–Crippen LogP) is 14.4. The molecule has 1 heterocycles. The minimum Gasteiger partial charge on any atom is -0.310 e. The Kier molecular flexibility index (Phi) is 7.85. The third-order valence-corrected chi connectivity index (χ3v) is 10.5. The Balaban J connectivity index is 1.12. The van der Waals surface area contributed by atoms with Gasteiger partial charge < -0.3 is 9.47 Å². The van der Waals surface area contributed by atoms with E-state index in [9.17, 15) is 0 Å². The molecule has 1 aromatic heterocycles. The van der Waals surface area contributed by atoms with Gasteiger partial charge in [-0.15, -0.1) is 0 Å². The molecule has 10 aromatic rings. The molecule has 0 aliphatic rings. The second-order valence-corrected chi connectivity index (χ2v) is 13.8. The molecule has 0 unspecified atom stereocenters. The molecule has 0 atom stereocenters. The molecular weight excluding hydrogens is 653 g/mol. The van der Waals surface area contributed by atoms with Crippen molar-refractivity contribution in [1.29, 1.82) is 0 Å². The van der Waals surface area contributed by atoms with Gasteiger partial charge in [-0.3, -0.25) is 0 Å². The Bertz CT molecular complexity index is 2870. The van der Waals surface area contributed by atoms with Crippen molar-refractivity contribution in [3.63, 3.8) is 0 Å². The van der Waals surface area contributed by atoms with E-state index in [1.54, 1.807) is 0 Å². The Morgan fingerprint density at radius 1 is 0.278 bits per heavy atom. The lowest BCUT2D eigenvalue weighted by Gasteiger charge is -2.26. The van der Waals surface area contributed by atoms with Crippen molar-refractivity contribution in [2.24, 2.45) is 0 Å². The van der Waals surface area contributed by atoms with E-state index in [1.165, 1.54) is 66.0 Å². The molecule has 0 amide bonds. The van der Waals surface area contributed by atoms with E-state index in [4.69, 9.17) is 0 Å². The predicted molar refractivity (Wildman–Crippen MR) is 229 cm³/mol. The monoisotopic (exact) mass is 688 g/mol. The maximum atomic E-state index is 2.43. The molecular formula is C52H36N2. The van der Waals surface area contributed by atoms with Gasteiger partial charge in [0, 0.05) is 33.5 Å². The van der Waals surface area contributed by atoms with Gasteiger partial charge in [0.15, 0.2) is 0 Å². The van der Waals surface area contributed by atoms with E-state index in [0.717, 1.165) is 22.7 Å². The number of rotatable bonds is 7. The second-order valence-electron chi connectivity index (χ2n) is 13.8. The zero-order chi connectivity index (χ0) is 35.8. The molecule has 54 heavy (non-hydrogen) atoms. The van der Waals surface area contributed by atoms with Crippen LogP contribution in [0.3, 0.4) is 0 Å². The largest absolute Gasteiger partial charge is 0.310 e. The summed E-state index contributed by atoms with van der Waals surface area (Å²) in [4.78, 5) is 2.35. The molecule has 0 saturated carbocycles. The van der Waals surface area contributed by atoms with E-state index in [2.05, 4.69) is 228 Å². The minimum atomic E-state index is 1.11. The topological polar surface area (TPSA) is 8.17 Å². The van der Waals surface area contributed by atoms with Crippen LogP contribution in [-0.4, -0.2) is 4.57 Å². The Labute approximate surface area is 315 Å². The molecule has 2 nitrogen and oxygen atoms in total. The van der Waals surface area contributed by atoms with Crippen LogP contribution in [0.2, 0.25) is 0 Å². The van der Waals surface area contributed by atoms with E-state index in [1.807, 2.05) is 0 Å². The first kappa shape index (κ1) is 31.6. The van der Waals surface area contributed by atoms with Gasteiger partial charge in [-0.25, -0.2) is 0 Å². The fourth-order valence-electron chi connectivity index (χ4n) is 7.93. The van der Waals surface area contributed by atoms with Crippen LogP contribution >= 0.6 is 0 Å². The Morgan fingerprint density at radius 2 is 0.833 bits per heavy atom. The summed E-state index contributed by atoms with van der Waals surface area (Å²) in [6.07, 6.45) is 0. The van der Waals surface area contributed by atoms with Crippen LogP contribution in [0.15, 0.2) is 218 Å². The van der Waals surface area contributed by atoms with Crippen LogP contribution in [0.1, 0.15) is 0 Å². The summed E-state index contributed by atoms with van der Waals surface area (Å²) in [5, 5.41) is 4.92. The van der Waals surface area contributed by atoms with Crippen molar-refractivity contribution in [2.45, 2.75) is 0 Å². The molecule has 0 spiro atoms. The smallest absolute Gasteiger partial charge is 0.0541 e. The lowest BCUT2D eigenvalue weighted by molar-refractivity contribution is 1.18. The fraction of sp³-hybridized carbons (Fsp3) is 0. The minimum absolute atomic E-state index is 1.11. The average Bonchev–Trinajstić information content (AvgIpc) is 3.58. The maximum absolute atomic E-state index is 2.43. The van der Waals surface area contributed by atoms with E-state index < -0.39 is 0 Å². The first-order valence-corrected chi connectivity index (χ1v) is 18.5. The Hall–Kier alpha value is -7.16. The van der Waals surface area contributed by atoms with Crippen LogP contribution in [0.5, 0.6) is 0 Å². The molecule has 0 N–H and O–H groups in total. The highest BCUT2D eigenvalue weighted by atomic mass is 15.1. The molecule has 0 aliphatic heterocycles. The number of aromatic nitrogens is 1. The van der Waals surface area contributed by atoms with Crippen molar-refractivity contribution in [3.8, 4) is 39.1 Å². The van der Waals surface area contributed by atoms with Crippen molar-refractivity contribution in [2.75, 3.05) is 4.90 Å². The molecule has 0 bridgehead atoms. The lowest BCUT2D eigenvalue weighted by atomic mass is 9.98. The molecule has 0 aliphatic carbocycles. The number of para-hydroxylation sites is 2. The van der Waals surface area contributed by atoms with Gasteiger partial charge in [-0.05, 0) is 117 Å². The van der Waals surface area contributed by atoms with Crippen molar-refractivity contribution in [1.82, 2.24) is 4.57 Å². The van der Waals surface area contributed by atoms with E-state index in [-0.39, 0.29) is 0 Å². The van der Waals surface area contributed by atoms with Crippen molar-refractivity contribution in [3.05, 3.63) is 218 Å². The number of hydrogen-bond donors (Lipinski definition) is 0. The third kappa shape index (κ3) is 5.71. The molecule has 2 heteroatoms. The van der Waals surface area contributed by atoms with E-state index >= 15 is 0 Å². The van der Waals surface area contributed by atoms with Crippen LogP contribution in [0.4, 0.5) is 17.1 Å². The first-order chi connectivity index (χ1) is 26.8. The SMILES string of the molecule is c1ccc(-c2cc(-c3ccccc3)cc(-n3c4ccccc4c4cc(-c5cccc(N(c6ccccc6)c6ccc7ccccc7c6)c5)ccc43)c2)cc1. The Morgan fingerprint density at radius 3 is 1.57 bits per heavy atom. The molecule has 0 fully saturated rings. The van der Waals surface area contributed by atoms with Gasteiger partial charge in [0.25, 0.3) is 0 Å². The van der Waals surface area contributed by atoms with Crippen LogP contribution in [0, 0.1) is 0 Å². The van der Waals surface area contributed by atoms with Gasteiger partial charge in [-0.2, -0.15) is 0 Å². The molecule has 10 rings (SSSR count). The zero-order valence-corrected chi connectivity index (χ0v) is 29.7. The molecule has 0 saturated heterocycles. The van der Waals surface area contributed by atoms with Crippen molar-refractivity contribution < 1.29 is 0 Å². The van der Waals surface area contributed by atoms with Gasteiger partial charge in [0.05, 0.1) is 11.0 Å². The molecule has 9 aromatic carbocycles. The number of nitrogens with zero attached hydrogens (tertiary/aromatic N) is 2.